The second-order valence-electron chi connectivity index (χ2n) is 3.13. The van der Waals surface area contributed by atoms with Gasteiger partial charge in [0.2, 0.25) is 0 Å². The molecule has 1 heterocycles. The summed E-state index contributed by atoms with van der Waals surface area (Å²) in [5.41, 5.74) is 0. The Balaban J connectivity index is 2.75. The van der Waals surface area contributed by atoms with Gasteiger partial charge in [-0.05, 0) is 32.6 Å². The van der Waals surface area contributed by atoms with E-state index in [1.807, 2.05) is 26.2 Å². The molecule has 0 aliphatic rings. The van der Waals surface area contributed by atoms with Crippen LogP contribution in [-0.4, -0.2) is 30.7 Å². The van der Waals surface area contributed by atoms with Gasteiger partial charge in [0.25, 0.3) is 0 Å². The molecule has 0 aromatic carbocycles. The van der Waals surface area contributed by atoms with Gasteiger partial charge < -0.3 is 10.0 Å². The number of aliphatic hydroxyl groups is 1. The van der Waals surface area contributed by atoms with E-state index in [9.17, 15) is 0 Å². The molecule has 1 unspecified atom stereocenters. The van der Waals surface area contributed by atoms with Gasteiger partial charge in [-0.25, -0.2) is 0 Å². The number of hydrogen-bond donors (Lipinski definition) is 1. The highest BCUT2D eigenvalue weighted by Gasteiger charge is 2.14. The Hall–Kier alpha value is -0.0900. The molecule has 0 fully saturated rings. The van der Waals surface area contributed by atoms with Crippen molar-refractivity contribution >= 4 is 22.9 Å². The number of nitrogens with zero attached hydrogens (tertiary/aromatic N) is 1. The minimum Gasteiger partial charge on any atom is -0.396 e. The number of thiophene rings is 1. The monoisotopic (exact) mass is 219 g/mol. The van der Waals surface area contributed by atoms with Crippen molar-refractivity contribution in [2.75, 3.05) is 20.7 Å². The first-order valence-corrected chi connectivity index (χ1v) is 5.37. The molecule has 0 saturated carbocycles. The van der Waals surface area contributed by atoms with Gasteiger partial charge in [-0.1, -0.05) is 11.6 Å². The van der Waals surface area contributed by atoms with Crippen LogP contribution in [0, 0.1) is 0 Å². The molecule has 74 valence electrons. The van der Waals surface area contributed by atoms with Crippen molar-refractivity contribution in [2.24, 2.45) is 0 Å². The topological polar surface area (TPSA) is 23.5 Å². The largest absolute Gasteiger partial charge is 0.396 e. The van der Waals surface area contributed by atoms with Crippen molar-refractivity contribution < 1.29 is 5.11 Å². The van der Waals surface area contributed by atoms with Crippen LogP contribution >= 0.6 is 22.9 Å². The van der Waals surface area contributed by atoms with Gasteiger partial charge in [0, 0.05) is 17.5 Å². The lowest BCUT2D eigenvalue weighted by Crippen LogP contribution is -2.19. The molecule has 0 amide bonds. The molecule has 1 atom stereocenters. The maximum atomic E-state index is 8.90. The van der Waals surface area contributed by atoms with Crippen LogP contribution in [0.4, 0.5) is 0 Å². The standard InChI is InChI=1S/C9H14ClNOS/c1-11(2)7(5-6-12)8-3-4-9(10)13-8/h3-4,7,12H,5-6H2,1-2H3. The van der Waals surface area contributed by atoms with Gasteiger partial charge in [-0.3, -0.25) is 0 Å². The second-order valence-corrected chi connectivity index (χ2v) is 4.88. The van der Waals surface area contributed by atoms with E-state index < -0.39 is 0 Å². The lowest BCUT2D eigenvalue weighted by Gasteiger charge is -2.21. The fraction of sp³-hybridized carbons (Fsp3) is 0.556. The van der Waals surface area contributed by atoms with Crippen molar-refractivity contribution in [1.82, 2.24) is 4.90 Å². The van der Waals surface area contributed by atoms with Gasteiger partial charge in [-0.2, -0.15) is 0 Å². The van der Waals surface area contributed by atoms with Gasteiger partial charge in [-0.15, -0.1) is 11.3 Å². The molecule has 0 radical (unpaired) electrons. The van der Waals surface area contributed by atoms with Crippen molar-refractivity contribution in [3.05, 3.63) is 21.3 Å². The van der Waals surface area contributed by atoms with Crippen LogP contribution in [0.15, 0.2) is 12.1 Å². The average molecular weight is 220 g/mol. The highest BCUT2D eigenvalue weighted by Crippen LogP contribution is 2.31. The van der Waals surface area contributed by atoms with Crippen LogP contribution in [0.2, 0.25) is 4.34 Å². The van der Waals surface area contributed by atoms with Crippen LogP contribution in [0.3, 0.4) is 0 Å². The third-order valence-electron chi connectivity index (χ3n) is 1.95. The third-order valence-corrected chi connectivity index (χ3v) is 3.28. The predicted octanol–water partition coefficient (Wildman–Crippen LogP) is 2.39. The summed E-state index contributed by atoms with van der Waals surface area (Å²) in [4.78, 5) is 3.31. The Morgan fingerprint density at radius 3 is 2.62 bits per heavy atom. The molecule has 1 aromatic rings. The molecule has 1 N–H and O–H groups in total. The van der Waals surface area contributed by atoms with Gasteiger partial charge in [0.15, 0.2) is 0 Å². The summed E-state index contributed by atoms with van der Waals surface area (Å²) < 4.78 is 0.805. The molecule has 2 nitrogen and oxygen atoms in total. The molecule has 0 spiro atoms. The minimum atomic E-state index is 0.207. The highest BCUT2D eigenvalue weighted by atomic mass is 35.5. The van der Waals surface area contributed by atoms with E-state index in [2.05, 4.69) is 4.90 Å². The summed E-state index contributed by atoms with van der Waals surface area (Å²) in [6, 6.07) is 4.20. The summed E-state index contributed by atoms with van der Waals surface area (Å²) in [5.74, 6) is 0. The molecule has 13 heavy (non-hydrogen) atoms. The number of rotatable bonds is 4. The number of halogens is 1. The van der Waals surface area contributed by atoms with E-state index in [0.29, 0.717) is 0 Å². The van der Waals surface area contributed by atoms with Gasteiger partial charge in [0.1, 0.15) is 0 Å². The Morgan fingerprint density at radius 2 is 2.23 bits per heavy atom. The van der Waals surface area contributed by atoms with E-state index >= 15 is 0 Å². The van der Waals surface area contributed by atoms with Gasteiger partial charge in [0.05, 0.1) is 4.34 Å². The molecular formula is C9H14ClNOS. The van der Waals surface area contributed by atoms with Crippen molar-refractivity contribution in [3.8, 4) is 0 Å². The summed E-state index contributed by atoms with van der Waals surface area (Å²) in [5, 5.41) is 8.90. The Labute approximate surface area is 87.8 Å². The summed E-state index contributed by atoms with van der Waals surface area (Å²) in [7, 11) is 4.02. The smallest absolute Gasteiger partial charge is 0.0931 e. The fourth-order valence-corrected chi connectivity index (χ4v) is 2.58. The summed E-state index contributed by atoms with van der Waals surface area (Å²) in [6.07, 6.45) is 0.754. The Bertz CT molecular complexity index is 262. The zero-order valence-electron chi connectivity index (χ0n) is 7.83. The predicted molar refractivity (Wildman–Crippen MR) is 57.5 cm³/mol. The maximum Gasteiger partial charge on any atom is 0.0931 e. The van der Waals surface area contributed by atoms with E-state index in [0.717, 1.165) is 10.8 Å². The van der Waals surface area contributed by atoms with Gasteiger partial charge >= 0.3 is 0 Å². The average Bonchev–Trinajstić information content (AvgIpc) is 2.46. The zero-order chi connectivity index (χ0) is 9.84. The van der Waals surface area contributed by atoms with Crippen LogP contribution < -0.4 is 0 Å². The number of aliphatic hydroxyl groups excluding tert-OH is 1. The van der Waals surface area contributed by atoms with E-state index in [1.165, 1.54) is 4.88 Å². The lowest BCUT2D eigenvalue weighted by molar-refractivity contribution is 0.213. The fourth-order valence-electron chi connectivity index (χ4n) is 1.28. The molecule has 0 aliphatic heterocycles. The maximum absolute atomic E-state index is 8.90. The summed E-state index contributed by atoms with van der Waals surface area (Å²) >= 11 is 7.42. The third kappa shape index (κ3) is 2.95. The van der Waals surface area contributed by atoms with Crippen LogP contribution in [-0.2, 0) is 0 Å². The molecule has 0 aliphatic carbocycles. The second kappa shape index (κ2) is 4.96. The Kier molecular flexibility index (Phi) is 4.19. The molecule has 0 saturated heterocycles. The highest BCUT2D eigenvalue weighted by molar-refractivity contribution is 7.16. The Morgan fingerprint density at radius 1 is 1.54 bits per heavy atom. The van der Waals surface area contributed by atoms with E-state index in [4.69, 9.17) is 16.7 Å². The number of hydrogen-bond acceptors (Lipinski definition) is 3. The minimum absolute atomic E-state index is 0.207. The lowest BCUT2D eigenvalue weighted by atomic mass is 10.1. The molecule has 0 bridgehead atoms. The first-order valence-electron chi connectivity index (χ1n) is 4.17. The van der Waals surface area contributed by atoms with E-state index in [-0.39, 0.29) is 12.6 Å². The zero-order valence-corrected chi connectivity index (χ0v) is 9.40. The van der Waals surface area contributed by atoms with Crippen molar-refractivity contribution in [3.63, 3.8) is 0 Å². The van der Waals surface area contributed by atoms with Crippen LogP contribution in [0.5, 0.6) is 0 Å². The molecular weight excluding hydrogens is 206 g/mol. The van der Waals surface area contributed by atoms with Crippen molar-refractivity contribution in [1.29, 1.82) is 0 Å². The van der Waals surface area contributed by atoms with Crippen LogP contribution in [0.1, 0.15) is 17.3 Å². The van der Waals surface area contributed by atoms with E-state index in [1.54, 1.807) is 11.3 Å². The first kappa shape index (κ1) is 11.0. The quantitative estimate of drug-likeness (QED) is 0.841. The van der Waals surface area contributed by atoms with Crippen molar-refractivity contribution in [2.45, 2.75) is 12.5 Å². The van der Waals surface area contributed by atoms with Crippen LogP contribution in [0.25, 0.3) is 0 Å². The summed E-state index contributed by atoms with van der Waals surface area (Å²) in [6.45, 7) is 0.207. The molecule has 1 rings (SSSR count). The SMILES string of the molecule is CN(C)C(CCO)c1ccc(Cl)s1. The molecule has 1 aromatic heterocycles. The first-order chi connectivity index (χ1) is 6.15. The normalized spacial score (nSPS) is 13.6. The molecule has 4 heteroatoms.